The van der Waals surface area contributed by atoms with E-state index < -0.39 is 29.7 Å². The van der Waals surface area contributed by atoms with Crippen LogP contribution in [-0.4, -0.2) is 18.0 Å². The van der Waals surface area contributed by atoms with Gasteiger partial charge in [-0.15, -0.1) is 11.3 Å². The van der Waals surface area contributed by atoms with Gasteiger partial charge in [0.25, 0.3) is 5.91 Å². The van der Waals surface area contributed by atoms with Crippen molar-refractivity contribution in [2.45, 2.75) is 38.5 Å². The van der Waals surface area contributed by atoms with Gasteiger partial charge >= 0.3 is 12.1 Å². The van der Waals surface area contributed by atoms with Crippen LogP contribution >= 0.6 is 11.3 Å². The highest BCUT2D eigenvalue weighted by Crippen LogP contribution is 2.31. The maximum atomic E-state index is 12.5. The summed E-state index contributed by atoms with van der Waals surface area (Å²) in [5.74, 6) is -1.18. The summed E-state index contributed by atoms with van der Waals surface area (Å²) < 4.78 is 42.8. The Balaban J connectivity index is 1.58. The number of fused-ring (bicyclic) bond motifs is 1. The number of rotatable bonds is 4. The highest BCUT2D eigenvalue weighted by atomic mass is 32.1. The summed E-state index contributed by atoms with van der Waals surface area (Å²) >= 11 is 1.38. The minimum atomic E-state index is -4.44. The van der Waals surface area contributed by atoms with E-state index in [0.29, 0.717) is 4.88 Å². The second-order valence-corrected chi connectivity index (χ2v) is 7.16. The first-order valence-electron chi connectivity index (χ1n) is 8.05. The zero-order valence-corrected chi connectivity index (χ0v) is 14.7. The molecule has 1 heterocycles. The van der Waals surface area contributed by atoms with Crippen molar-refractivity contribution in [1.29, 1.82) is 0 Å². The van der Waals surface area contributed by atoms with Gasteiger partial charge in [-0.2, -0.15) is 13.2 Å². The Kier molecular flexibility index (Phi) is 5.04. The van der Waals surface area contributed by atoms with Crippen LogP contribution in [0.15, 0.2) is 30.3 Å². The molecular weight excluding hydrogens is 367 g/mol. The van der Waals surface area contributed by atoms with Gasteiger partial charge in [-0.3, -0.25) is 4.79 Å². The number of ether oxygens (including phenoxy) is 1. The highest BCUT2D eigenvalue weighted by Gasteiger charge is 2.30. The van der Waals surface area contributed by atoms with Crippen molar-refractivity contribution in [3.8, 4) is 0 Å². The lowest BCUT2D eigenvalue weighted by atomic mass is 10.2. The van der Waals surface area contributed by atoms with E-state index in [1.807, 2.05) is 0 Å². The average molecular weight is 383 g/mol. The van der Waals surface area contributed by atoms with Gasteiger partial charge in [0, 0.05) is 10.6 Å². The number of aryl methyl sites for hydroxylation is 2. The van der Waals surface area contributed by atoms with Gasteiger partial charge in [0.2, 0.25) is 0 Å². The molecule has 1 N–H and O–H groups in total. The molecule has 8 heteroatoms. The number of alkyl halides is 3. The number of carbonyl (C=O) groups excluding carboxylic acids is 2. The van der Waals surface area contributed by atoms with Crippen LogP contribution in [0.1, 0.15) is 39.0 Å². The Bertz CT molecular complexity index is 806. The monoisotopic (exact) mass is 383 g/mol. The van der Waals surface area contributed by atoms with Crippen LogP contribution in [0, 0.1) is 0 Å². The van der Waals surface area contributed by atoms with E-state index in [1.54, 1.807) is 6.07 Å². The van der Waals surface area contributed by atoms with Crippen molar-refractivity contribution in [3.63, 3.8) is 0 Å². The van der Waals surface area contributed by atoms with Crippen LogP contribution in [0.2, 0.25) is 0 Å². The molecular formula is C18H16F3NO3S. The summed E-state index contributed by atoms with van der Waals surface area (Å²) in [7, 11) is 0. The number of halogens is 3. The summed E-state index contributed by atoms with van der Waals surface area (Å²) in [6, 6.07) is 5.85. The predicted octanol–water partition coefficient (Wildman–Crippen LogP) is 4.44. The standard InChI is InChI=1S/C18H16F3NO3S/c1-10(25-17(24)15-9-11-3-2-4-14(11)26-15)16(23)22-13-7-5-12(6-8-13)18(19,20)21/h5-10H,2-4H2,1H3,(H,22,23)/t10-/m1/s1. The summed E-state index contributed by atoms with van der Waals surface area (Å²) in [5, 5.41) is 2.44. The fourth-order valence-electron chi connectivity index (χ4n) is 2.69. The number of hydrogen-bond donors (Lipinski definition) is 1. The van der Waals surface area contributed by atoms with E-state index in [0.717, 1.165) is 49.1 Å². The molecule has 0 unspecified atom stereocenters. The number of benzene rings is 1. The molecule has 3 rings (SSSR count). The van der Waals surface area contributed by atoms with Crippen LogP contribution in [0.3, 0.4) is 0 Å². The van der Waals surface area contributed by atoms with Crippen LogP contribution in [0.5, 0.6) is 0 Å². The minimum absolute atomic E-state index is 0.195. The van der Waals surface area contributed by atoms with Crippen molar-refractivity contribution in [2.24, 2.45) is 0 Å². The number of thiophene rings is 1. The van der Waals surface area contributed by atoms with Gasteiger partial charge in [-0.1, -0.05) is 0 Å². The topological polar surface area (TPSA) is 55.4 Å². The van der Waals surface area contributed by atoms with Gasteiger partial charge in [-0.05, 0) is 62.1 Å². The average Bonchev–Trinajstić information content (AvgIpc) is 3.16. The number of hydrogen-bond acceptors (Lipinski definition) is 4. The van der Waals surface area contributed by atoms with E-state index in [9.17, 15) is 22.8 Å². The molecule has 0 bridgehead atoms. The van der Waals surface area contributed by atoms with Gasteiger partial charge in [0.1, 0.15) is 4.88 Å². The molecule has 26 heavy (non-hydrogen) atoms. The first kappa shape index (κ1) is 18.4. The summed E-state index contributed by atoms with van der Waals surface area (Å²) in [6.07, 6.45) is -2.52. The molecule has 1 aliphatic rings. The third-order valence-corrected chi connectivity index (χ3v) is 5.30. The number of amides is 1. The van der Waals surface area contributed by atoms with Gasteiger partial charge in [0.05, 0.1) is 5.56 Å². The van der Waals surface area contributed by atoms with E-state index in [1.165, 1.54) is 23.1 Å². The Morgan fingerprint density at radius 3 is 2.50 bits per heavy atom. The van der Waals surface area contributed by atoms with Gasteiger partial charge < -0.3 is 10.1 Å². The van der Waals surface area contributed by atoms with Crippen molar-refractivity contribution >= 4 is 28.9 Å². The first-order valence-corrected chi connectivity index (χ1v) is 8.86. The van der Waals surface area contributed by atoms with E-state index >= 15 is 0 Å². The number of carbonyl (C=O) groups is 2. The quantitative estimate of drug-likeness (QED) is 0.794. The fraction of sp³-hybridized carbons (Fsp3) is 0.333. The second-order valence-electron chi connectivity index (χ2n) is 6.02. The molecule has 0 aliphatic heterocycles. The zero-order valence-electron chi connectivity index (χ0n) is 13.9. The van der Waals surface area contributed by atoms with E-state index in [4.69, 9.17) is 4.74 Å². The largest absolute Gasteiger partial charge is 0.448 e. The van der Waals surface area contributed by atoms with Crippen LogP contribution in [0.4, 0.5) is 18.9 Å². The van der Waals surface area contributed by atoms with Crippen molar-refractivity contribution < 1.29 is 27.5 Å². The minimum Gasteiger partial charge on any atom is -0.448 e. The Labute approximate surface area is 152 Å². The molecule has 0 fully saturated rings. The van der Waals surface area contributed by atoms with E-state index in [2.05, 4.69) is 5.32 Å². The van der Waals surface area contributed by atoms with Crippen molar-refractivity contribution in [3.05, 3.63) is 51.2 Å². The third kappa shape index (κ3) is 4.07. The Hall–Kier alpha value is -2.35. The summed E-state index contributed by atoms with van der Waals surface area (Å²) in [4.78, 5) is 25.9. The molecule has 1 aromatic heterocycles. The normalized spacial score (nSPS) is 14.6. The smallest absolute Gasteiger partial charge is 0.416 e. The molecule has 2 aromatic rings. The van der Waals surface area contributed by atoms with Gasteiger partial charge in [-0.25, -0.2) is 4.79 Å². The number of nitrogens with one attached hydrogen (secondary N) is 1. The second kappa shape index (κ2) is 7.11. The first-order chi connectivity index (χ1) is 12.2. The molecule has 1 aromatic carbocycles. The highest BCUT2D eigenvalue weighted by molar-refractivity contribution is 7.14. The third-order valence-electron chi connectivity index (χ3n) is 4.08. The van der Waals surface area contributed by atoms with Gasteiger partial charge in [0.15, 0.2) is 6.10 Å². The maximum absolute atomic E-state index is 12.5. The Morgan fingerprint density at radius 2 is 1.88 bits per heavy atom. The van der Waals surface area contributed by atoms with Crippen LogP contribution in [-0.2, 0) is 28.5 Å². The summed E-state index contributed by atoms with van der Waals surface area (Å²) in [5.41, 5.74) is 0.547. The van der Waals surface area contributed by atoms with Crippen molar-refractivity contribution in [2.75, 3.05) is 5.32 Å². The number of esters is 1. The van der Waals surface area contributed by atoms with E-state index in [-0.39, 0.29) is 5.69 Å². The molecule has 1 atom stereocenters. The molecule has 0 radical (unpaired) electrons. The Morgan fingerprint density at radius 1 is 1.19 bits per heavy atom. The lowest BCUT2D eigenvalue weighted by molar-refractivity contribution is -0.137. The molecule has 1 aliphatic carbocycles. The molecule has 0 saturated carbocycles. The predicted molar refractivity (Wildman–Crippen MR) is 91.3 cm³/mol. The SMILES string of the molecule is C[C@@H](OC(=O)c1cc2c(s1)CCC2)C(=O)Nc1ccc(C(F)(F)F)cc1. The zero-order chi connectivity index (χ0) is 18.9. The molecule has 0 spiro atoms. The fourth-order valence-corrected chi connectivity index (χ4v) is 3.82. The van der Waals surface area contributed by atoms with Crippen LogP contribution in [0.25, 0.3) is 0 Å². The number of anilines is 1. The van der Waals surface area contributed by atoms with Crippen molar-refractivity contribution in [1.82, 2.24) is 0 Å². The maximum Gasteiger partial charge on any atom is 0.416 e. The molecule has 0 saturated heterocycles. The molecule has 1 amide bonds. The summed E-state index contributed by atoms with van der Waals surface area (Å²) in [6.45, 7) is 1.42. The van der Waals surface area contributed by atoms with Crippen LogP contribution < -0.4 is 5.32 Å². The molecule has 4 nitrogen and oxygen atoms in total. The molecule has 138 valence electrons. The lowest BCUT2D eigenvalue weighted by Gasteiger charge is -2.13. The lowest BCUT2D eigenvalue weighted by Crippen LogP contribution is -2.29.